The highest BCUT2D eigenvalue weighted by Gasteiger charge is 2.34. The van der Waals surface area contributed by atoms with E-state index in [1.807, 2.05) is 0 Å². The molecule has 0 bridgehead atoms. The lowest BCUT2D eigenvalue weighted by Gasteiger charge is -2.35. The normalized spacial score (nSPS) is 33.1. The van der Waals surface area contributed by atoms with Gasteiger partial charge in [-0.3, -0.25) is 0 Å². The molecule has 0 aliphatic heterocycles. The lowest BCUT2D eigenvalue weighted by Crippen LogP contribution is -2.50. The summed E-state index contributed by atoms with van der Waals surface area (Å²) in [4.78, 5) is 10.7. The van der Waals surface area contributed by atoms with E-state index in [1.165, 1.54) is 6.92 Å². The van der Waals surface area contributed by atoms with Crippen molar-refractivity contribution >= 4 is 5.97 Å². The minimum Gasteiger partial charge on any atom is -0.479 e. The van der Waals surface area contributed by atoms with E-state index in [4.69, 9.17) is 5.11 Å². The number of aliphatic carboxylic acids is 1. The first-order valence-corrected chi connectivity index (χ1v) is 6.14. The monoisotopic (exact) mass is 245 g/mol. The van der Waals surface area contributed by atoms with Crippen molar-refractivity contribution in [2.75, 3.05) is 13.1 Å². The summed E-state index contributed by atoms with van der Waals surface area (Å²) in [7, 11) is 0. The van der Waals surface area contributed by atoms with Crippen LogP contribution in [-0.2, 0) is 4.79 Å². The molecular weight excluding hydrogens is 222 g/mol. The van der Waals surface area contributed by atoms with Crippen molar-refractivity contribution in [3.63, 3.8) is 0 Å². The average Bonchev–Trinajstić information content (AvgIpc) is 2.22. The third kappa shape index (κ3) is 4.26. The molecule has 5 nitrogen and oxygen atoms in total. The van der Waals surface area contributed by atoms with Gasteiger partial charge >= 0.3 is 5.97 Å². The fourth-order valence-electron chi connectivity index (χ4n) is 2.09. The molecule has 0 aromatic rings. The van der Waals surface area contributed by atoms with Crippen LogP contribution in [0.25, 0.3) is 0 Å². The van der Waals surface area contributed by atoms with E-state index < -0.39 is 17.2 Å². The van der Waals surface area contributed by atoms with Crippen LogP contribution in [0.15, 0.2) is 0 Å². The van der Waals surface area contributed by atoms with Crippen molar-refractivity contribution in [3.05, 3.63) is 0 Å². The largest absolute Gasteiger partial charge is 0.479 e. The van der Waals surface area contributed by atoms with E-state index in [1.54, 1.807) is 0 Å². The molecule has 1 fully saturated rings. The van der Waals surface area contributed by atoms with E-state index in [2.05, 4.69) is 12.2 Å². The van der Waals surface area contributed by atoms with Crippen LogP contribution in [-0.4, -0.2) is 45.6 Å². The molecule has 0 heterocycles. The molecule has 1 aliphatic rings. The van der Waals surface area contributed by atoms with Crippen molar-refractivity contribution in [2.24, 2.45) is 5.92 Å². The number of rotatable bonds is 5. The van der Waals surface area contributed by atoms with Gasteiger partial charge in [0.15, 0.2) is 5.60 Å². The highest BCUT2D eigenvalue weighted by Crippen LogP contribution is 2.31. The summed E-state index contributed by atoms with van der Waals surface area (Å²) < 4.78 is 0. The van der Waals surface area contributed by atoms with Gasteiger partial charge in [0.05, 0.1) is 5.60 Å². The van der Waals surface area contributed by atoms with Crippen LogP contribution in [0.2, 0.25) is 0 Å². The molecule has 0 amide bonds. The smallest absolute Gasteiger partial charge is 0.336 e. The number of nitrogens with one attached hydrogen (secondary N) is 1. The Hall–Kier alpha value is -0.650. The molecule has 4 N–H and O–H groups in total. The molecule has 100 valence electrons. The van der Waals surface area contributed by atoms with Gasteiger partial charge in [-0.2, -0.15) is 0 Å². The molecule has 0 aromatic carbocycles. The maximum atomic E-state index is 10.7. The second kappa shape index (κ2) is 5.33. The summed E-state index contributed by atoms with van der Waals surface area (Å²) in [6.07, 6.45) is 3.45. The van der Waals surface area contributed by atoms with Crippen molar-refractivity contribution in [1.29, 1.82) is 0 Å². The Morgan fingerprint density at radius 2 is 2.00 bits per heavy atom. The van der Waals surface area contributed by atoms with Crippen LogP contribution in [0.5, 0.6) is 0 Å². The number of carboxylic acids is 1. The predicted molar refractivity (Wildman–Crippen MR) is 63.7 cm³/mol. The van der Waals surface area contributed by atoms with E-state index in [9.17, 15) is 15.0 Å². The molecule has 1 saturated carbocycles. The summed E-state index contributed by atoms with van der Waals surface area (Å²) in [6.45, 7) is 3.70. The van der Waals surface area contributed by atoms with Gasteiger partial charge < -0.3 is 20.6 Å². The molecule has 0 saturated heterocycles. The topological polar surface area (TPSA) is 89.8 Å². The van der Waals surface area contributed by atoms with E-state index in [0.717, 1.165) is 25.7 Å². The lowest BCUT2D eigenvalue weighted by molar-refractivity contribution is -0.156. The molecule has 1 unspecified atom stereocenters. The average molecular weight is 245 g/mol. The van der Waals surface area contributed by atoms with Gasteiger partial charge in [0, 0.05) is 13.1 Å². The van der Waals surface area contributed by atoms with Crippen LogP contribution >= 0.6 is 0 Å². The number of hydrogen-bond acceptors (Lipinski definition) is 4. The van der Waals surface area contributed by atoms with Crippen LogP contribution < -0.4 is 5.32 Å². The maximum Gasteiger partial charge on any atom is 0.336 e. The molecule has 0 aromatic heterocycles. The number of hydrogen-bond donors (Lipinski definition) is 4. The van der Waals surface area contributed by atoms with Crippen LogP contribution in [0.3, 0.4) is 0 Å². The van der Waals surface area contributed by atoms with Crippen molar-refractivity contribution in [1.82, 2.24) is 5.32 Å². The number of aliphatic hydroxyl groups is 2. The lowest BCUT2D eigenvalue weighted by atomic mass is 9.79. The summed E-state index contributed by atoms with van der Waals surface area (Å²) in [5.41, 5.74) is -2.53. The quantitative estimate of drug-likeness (QED) is 0.561. The third-order valence-corrected chi connectivity index (χ3v) is 3.59. The minimum absolute atomic E-state index is 0.0554. The molecule has 0 radical (unpaired) electrons. The molecule has 1 aliphatic carbocycles. The van der Waals surface area contributed by atoms with Crippen LogP contribution in [0.4, 0.5) is 0 Å². The minimum atomic E-state index is -1.78. The zero-order valence-electron chi connectivity index (χ0n) is 10.6. The van der Waals surface area contributed by atoms with Gasteiger partial charge in [0.25, 0.3) is 0 Å². The van der Waals surface area contributed by atoms with Gasteiger partial charge in [-0.05, 0) is 38.5 Å². The Balaban J connectivity index is 2.33. The first kappa shape index (κ1) is 14.4. The van der Waals surface area contributed by atoms with Crippen molar-refractivity contribution < 1.29 is 20.1 Å². The second-order valence-electron chi connectivity index (χ2n) is 5.59. The number of carboxylic acid groups (broad SMARTS) is 1. The van der Waals surface area contributed by atoms with E-state index in [-0.39, 0.29) is 6.54 Å². The van der Waals surface area contributed by atoms with Gasteiger partial charge in [0.2, 0.25) is 0 Å². The van der Waals surface area contributed by atoms with Gasteiger partial charge in [0.1, 0.15) is 0 Å². The highest BCUT2D eigenvalue weighted by molar-refractivity contribution is 5.76. The highest BCUT2D eigenvalue weighted by atomic mass is 16.4. The SMILES string of the molecule is CC1CCC(O)(CNCC(C)(O)C(=O)O)CC1. The van der Waals surface area contributed by atoms with E-state index >= 15 is 0 Å². The van der Waals surface area contributed by atoms with E-state index in [0.29, 0.717) is 12.5 Å². The Kier molecular flexibility index (Phi) is 4.52. The molecular formula is C12H23NO4. The van der Waals surface area contributed by atoms with Gasteiger partial charge in [-0.15, -0.1) is 0 Å². The Morgan fingerprint density at radius 3 is 2.47 bits per heavy atom. The third-order valence-electron chi connectivity index (χ3n) is 3.59. The molecule has 0 spiro atoms. The summed E-state index contributed by atoms with van der Waals surface area (Å²) in [6, 6.07) is 0. The van der Waals surface area contributed by atoms with Gasteiger partial charge in [-0.25, -0.2) is 4.79 Å². The summed E-state index contributed by atoms with van der Waals surface area (Å²) in [5, 5.41) is 31.3. The number of carbonyl (C=O) groups is 1. The molecule has 17 heavy (non-hydrogen) atoms. The summed E-state index contributed by atoms with van der Waals surface area (Å²) >= 11 is 0. The Bertz CT molecular complexity index is 270. The Labute approximate surface area is 102 Å². The molecule has 5 heteroatoms. The van der Waals surface area contributed by atoms with Gasteiger partial charge in [-0.1, -0.05) is 6.92 Å². The molecule has 1 rings (SSSR count). The van der Waals surface area contributed by atoms with Crippen molar-refractivity contribution in [2.45, 2.75) is 50.7 Å². The maximum absolute atomic E-state index is 10.7. The summed E-state index contributed by atoms with van der Waals surface area (Å²) in [5.74, 6) is -0.605. The zero-order valence-corrected chi connectivity index (χ0v) is 10.6. The zero-order chi connectivity index (χ0) is 13.1. The fraction of sp³-hybridized carbons (Fsp3) is 0.917. The van der Waals surface area contributed by atoms with Crippen molar-refractivity contribution in [3.8, 4) is 0 Å². The first-order valence-electron chi connectivity index (χ1n) is 6.14. The second-order valence-corrected chi connectivity index (χ2v) is 5.59. The fourth-order valence-corrected chi connectivity index (χ4v) is 2.09. The predicted octanol–water partition coefficient (Wildman–Crippen LogP) is 0.353. The molecule has 1 atom stereocenters. The Morgan fingerprint density at radius 1 is 1.47 bits per heavy atom. The first-order chi connectivity index (χ1) is 7.75. The standard InChI is InChI=1S/C12H23NO4/c1-9-3-5-12(17,6-4-9)8-13-7-11(2,16)10(14)15/h9,13,16-17H,3-8H2,1-2H3,(H,14,15). The van der Waals surface area contributed by atoms with Crippen LogP contribution in [0, 0.1) is 5.92 Å². The van der Waals surface area contributed by atoms with Crippen LogP contribution in [0.1, 0.15) is 39.5 Å².